The van der Waals surface area contributed by atoms with Crippen molar-refractivity contribution in [2.24, 2.45) is 5.73 Å². The van der Waals surface area contributed by atoms with Gasteiger partial charge in [-0.1, -0.05) is 24.4 Å². The molecule has 0 saturated carbocycles. The van der Waals surface area contributed by atoms with Gasteiger partial charge in [-0.25, -0.2) is 14.2 Å². The van der Waals surface area contributed by atoms with Crippen LogP contribution in [-0.2, 0) is 6.54 Å². The lowest BCUT2D eigenvalue weighted by molar-refractivity contribution is 0.591. The van der Waals surface area contributed by atoms with Gasteiger partial charge in [0, 0.05) is 23.5 Å². The summed E-state index contributed by atoms with van der Waals surface area (Å²) in [5.41, 5.74) is 5.51. The number of benzene rings is 1. The summed E-state index contributed by atoms with van der Waals surface area (Å²) in [6.07, 6.45) is 2.93. The van der Waals surface area contributed by atoms with Gasteiger partial charge in [0.05, 0.1) is 6.54 Å². The number of halogens is 1. The van der Waals surface area contributed by atoms with Gasteiger partial charge < -0.3 is 5.73 Å². The van der Waals surface area contributed by atoms with E-state index in [2.05, 4.69) is 4.98 Å². The van der Waals surface area contributed by atoms with Crippen LogP contribution in [0.2, 0.25) is 0 Å². The minimum absolute atomic E-state index is 0.00659. The third-order valence-corrected chi connectivity index (χ3v) is 2.69. The van der Waals surface area contributed by atoms with E-state index in [0.29, 0.717) is 5.56 Å². The summed E-state index contributed by atoms with van der Waals surface area (Å²) in [6.45, 7) is 0.0922. The van der Waals surface area contributed by atoms with Crippen molar-refractivity contribution in [3.05, 3.63) is 64.1 Å². The van der Waals surface area contributed by atoms with E-state index >= 15 is 0 Å². The Morgan fingerprint density at radius 2 is 2.22 bits per heavy atom. The lowest BCUT2D eigenvalue weighted by atomic mass is 10.1. The molecule has 0 aliphatic heterocycles. The third kappa shape index (κ3) is 2.43. The molecule has 1 heterocycles. The predicted octanol–water partition coefficient (Wildman–Crippen LogP) is 1.06. The number of rotatable bonds is 3. The predicted molar refractivity (Wildman–Crippen MR) is 69.9 cm³/mol. The lowest BCUT2D eigenvalue weighted by Gasteiger charge is -2.08. The van der Waals surface area contributed by atoms with Gasteiger partial charge in [0.1, 0.15) is 10.8 Å². The highest BCUT2D eigenvalue weighted by Crippen LogP contribution is 2.13. The largest absolute Gasteiger partial charge is 0.389 e. The fourth-order valence-corrected chi connectivity index (χ4v) is 1.74. The van der Waals surface area contributed by atoms with Gasteiger partial charge >= 0.3 is 5.69 Å². The Kier molecular flexibility index (Phi) is 3.47. The van der Waals surface area contributed by atoms with E-state index in [4.69, 9.17) is 18.0 Å². The van der Waals surface area contributed by atoms with Crippen molar-refractivity contribution in [1.29, 1.82) is 0 Å². The number of hydrogen-bond donors (Lipinski definition) is 1. The van der Waals surface area contributed by atoms with E-state index in [-0.39, 0.29) is 17.1 Å². The van der Waals surface area contributed by atoms with Crippen molar-refractivity contribution in [2.45, 2.75) is 6.54 Å². The molecule has 92 valence electrons. The minimum atomic E-state index is -0.499. The molecule has 18 heavy (non-hydrogen) atoms. The molecular weight excluding hydrogens is 253 g/mol. The fourth-order valence-electron chi connectivity index (χ4n) is 1.58. The Hall–Kier alpha value is -2.08. The van der Waals surface area contributed by atoms with Crippen LogP contribution in [0.3, 0.4) is 0 Å². The van der Waals surface area contributed by atoms with E-state index in [1.807, 2.05) is 0 Å². The molecule has 2 N–H and O–H groups in total. The molecule has 0 amide bonds. The summed E-state index contributed by atoms with van der Waals surface area (Å²) in [4.78, 5) is 15.0. The molecule has 1 aromatic carbocycles. The van der Waals surface area contributed by atoms with Crippen LogP contribution in [0.25, 0.3) is 0 Å². The van der Waals surface area contributed by atoms with E-state index < -0.39 is 11.5 Å². The zero-order chi connectivity index (χ0) is 13.1. The highest BCUT2D eigenvalue weighted by molar-refractivity contribution is 7.80. The quantitative estimate of drug-likeness (QED) is 0.841. The van der Waals surface area contributed by atoms with Gasteiger partial charge in [-0.15, -0.1) is 0 Å². The molecule has 0 radical (unpaired) electrons. The average Bonchev–Trinajstić information content (AvgIpc) is 2.34. The van der Waals surface area contributed by atoms with Gasteiger partial charge in [0.25, 0.3) is 0 Å². The van der Waals surface area contributed by atoms with Crippen LogP contribution < -0.4 is 11.4 Å². The highest BCUT2D eigenvalue weighted by Gasteiger charge is 2.10. The topological polar surface area (TPSA) is 60.9 Å². The van der Waals surface area contributed by atoms with Gasteiger partial charge in [-0.2, -0.15) is 0 Å². The second-order valence-corrected chi connectivity index (χ2v) is 4.11. The number of nitrogens with two attached hydrogens (primary N) is 1. The Balaban J connectivity index is 2.42. The molecule has 0 spiro atoms. The third-order valence-electron chi connectivity index (χ3n) is 2.47. The minimum Gasteiger partial charge on any atom is -0.389 e. The van der Waals surface area contributed by atoms with E-state index in [1.165, 1.54) is 16.8 Å². The second kappa shape index (κ2) is 5.05. The van der Waals surface area contributed by atoms with Crippen LogP contribution in [0, 0.1) is 5.82 Å². The standard InChI is InChI=1S/C12H10FN3OS/c13-10-8(3-1-4-9(10)11(14)18)7-16-6-2-5-15-12(16)17/h1-6H,7H2,(H2,14,18). The normalized spacial score (nSPS) is 10.3. The average molecular weight is 263 g/mol. The summed E-state index contributed by atoms with van der Waals surface area (Å²) >= 11 is 4.76. The number of hydrogen-bond acceptors (Lipinski definition) is 3. The highest BCUT2D eigenvalue weighted by atomic mass is 32.1. The lowest BCUT2D eigenvalue weighted by Crippen LogP contribution is -2.23. The fraction of sp³-hybridized carbons (Fsp3) is 0.0833. The van der Waals surface area contributed by atoms with Crippen molar-refractivity contribution in [3.8, 4) is 0 Å². The summed E-state index contributed by atoms with van der Waals surface area (Å²) in [5.74, 6) is -0.499. The molecule has 0 unspecified atom stereocenters. The number of aromatic nitrogens is 2. The maximum atomic E-state index is 14.0. The van der Waals surface area contributed by atoms with Crippen molar-refractivity contribution in [3.63, 3.8) is 0 Å². The van der Waals surface area contributed by atoms with E-state index in [9.17, 15) is 9.18 Å². The van der Waals surface area contributed by atoms with E-state index in [0.717, 1.165) is 0 Å². The van der Waals surface area contributed by atoms with Gasteiger partial charge in [0.15, 0.2) is 0 Å². The van der Waals surface area contributed by atoms with Crippen LogP contribution in [-0.4, -0.2) is 14.5 Å². The molecule has 0 saturated heterocycles. The SMILES string of the molecule is NC(=S)c1cccc(Cn2cccnc2=O)c1F. The van der Waals surface area contributed by atoms with Crippen LogP contribution in [0.15, 0.2) is 41.5 Å². The summed E-state index contributed by atoms with van der Waals surface area (Å²) < 4.78 is 15.3. The van der Waals surface area contributed by atoms with Crippen LogP contribution in [0.5, 0.6) is 0 Å². The van der Waals surface area contributed by atoms with Gasteiger partial charge in [-0.3, -0.25) is 4.57 Å². The Morgan fingerprint density at radius 3 is 2.89 bits per heavy atom. The molecule has 0 fully saturated rings. The van der Waals surface area contributed by atoms with Crippen molar-refractivity contribution in [1.82, 2.24) is 9.55 Å². The first-order valence-corrected chi connectivity index (χ1v) is 5.59. The Labute approximate surface area is 108 Å². The zero-order valence-electron chi connectivity index (χ0n) is 9.34. The van der Waals surface area contributed by atoms with Crippen molar-refractivity contribution < 1.29 is 4.39 Å². The number of nitrogens with zero attached hydrogens (tertiary/aromatic N) is 2. The molecule has 0 aliphatic carbocycles. The first-order valence-electron chi connectivity index (χ1n) is 5.18. The molecule has 0 bridgehead atoms. The maximum Gasteiger partial charge on any atom is 0.347 e. The van der Waals surface area contributed by atoms with Crippen LogP contribution in [0.4, 0.5) is 4.39 Å². The maximum absolute atomic E-state index is 14.0. The Morgan fingerprint density at radius 1 is 1.44 bits per heavy atom. The van der Waals surface area contributed by atoms with Crippen LogP contribution in [0.1, 0.15) is 11.1 Å². The molecule has 1 aromatic heterocycles. The molecule has 2 aromatic rings. The molecule has 6 heteroatoms. The summed E-state index contributed by atoms with van der Waals surface area (Å²) in [5, 5.41) is 0. The molecular formula is C12H10FN3OS. The van der Waals surface area contributed by atoms with Gasteiger partial charge in [-0.05, 0) is 12.1 Å². The zero-order valence-corrected chi connectivity index (χ0v) is 10.2. The molecule has 2 rings (SSSR count). The molecule has 0 atom stereocenters. The molecule has 4 nitrogen and oxygen atoms in total. The smallest absolute Gasteiger partial charge is 0.347 e. The first-order chi connectivity index (χ1) is 8.59. The van der Waals surface area contributed by atoms with Crippen molar-refractivity contribution in [2.75, 3.05) is 0 Å². The Bertz CT molecular complexity index is 654. The summed E-state index contributed by atoms with van der Waals surface area (Å²) in [6, 6.07) is 6.34. The van der Waals surface area contributed by atoms with Gasteiger partial charge in [0.2, 0.25) is 0 Å². The summed E-state index contributed by atoms with van der Waals surface area (Å²) in [7, 11) is 0. The molecule has 0 aliphatic rings. The number of thiocarbonyl (C=S) groups is 1. The van der Waals surface area contributed by atoms with E-state index in [1.54, 1.807) is 24.4 Å². The monoisotopic (exact) mass is 263 g/mol. The first kappa shape index (κ1) is 12.4. The second-order valence-electron chi connectivity index (χ2n) is 3.67. The van der Waals surface area contributed by atoms with Crippen LogP contribution >= 0.6 is 12.2 Å². The van der Waals surface area contributed by atoms with Crippen molar-refractivity contribution >= 4 is 17.2 Å².